The van der Waals surface area contributed by atoms with Crippen molar-refractivity contribution in [3.8, 4) is 0 Å². The molecule has 2 N–H and O–H groups in total. The second-order valence-corrected chi connectivity index (χ2v) is 6.32. The lowest BCUT2D eigenvalue weighted by atomic mass is 9.95. The highest BCUT2D eigenvalue weighted by molar-refractivity contribution is 5.87. The fourth-order valence-corrected chi connectivity index (χ4v) is 3.31. The molecule has 0 aromatic heterocycles. The molecule has 0 spiro atoms. The second kappa shape index (κ2) is 9.42. The van der Waals surface area contributed by atoms with Crippen molar-refractivity contribution >= 4 is 11.8 Å². The van der Waals surface area contributed by atoms with Crippen LogP contribution in [0.25, 0.3) is 0 Å². The number of carbonyl (C=O) groups is 2. The number of nitrogens with zero attached hydrogens (tertiary/aromatic N) is 1. The van der Waals surface area contributed by atoms with Gasteiger partial charge in [0, 0.05) is 32.0 Å². The van der Waals surface area contributed by atoms with Crippen LogP contribution >= 0.6 is 0 Å². The van der Waals surface area contributed by atoms with Crippen LogP contribution < -0.4 is 5.32 Å². The summed E-state index contributed by atoms with van der Waals surface area (Å²) in [5.74, 6) is 0.0549. The van der Waals surface area contributed by atoms with Gasteiger partial charge in [0.15, 0.2) is 0 Å². The number of rotatable bonds is 7. The third kappa shape index (κ3) is 4.81. The minimum atomic E-state index is -0.350. The Labute approximate surface area is 144 Å². The molecule has 0 aliphatic carbocycles. The first-order valence-corrected chi connectivity index (χ1v) is 8.90. The number of benzene rings is 1. The average Bonchev–Trinajstić information content (AvgIpc) is 2.65. The van der Waals surface area contributed by atoms with E-state index in [0.717, 1.165) is 24.8 Å². The van der Waals surface area contributed by atoms with Crippen LogP contribution in [-0.4, -0.2) is 47.6 Å². The predicted molar refractivity (Wildman–Crippen MR) is 93.5 cm³/mol. The number of hydrogen-bond donors (Lipinski definition) is 2. The summed E-state index contributed by atoms with van der Waals surface area (Å²) >= 11 is 0. The van der Waals surface area contributed by atoms with Gasteiger partial charge in [-0.05, 0) is 31.2 Å². The molecule has 1 fully saturated rings. The van der Waals surface area contributed by atoms with E-state index in [1.54, 1.807) is 4.90 Å². The van der Waals surface area contributed by atoms with Gasteiger partial charge in [-0.3, -0.25) is 9.59 Å². The summed E-state index contributed by atoms with van der Waals surface area (Å²) < 4.78 is 0. The maximum absolute atomic E-state index is 12.6. The molecule has 1 heterocycles. The molecule has 1 aromatic carbocycles. The number of aliphatic hydroxyl groups excluding tert-OH is 1. The van der Waals surface area contributed by atoms with E-state index in [0.29, 0.717) is 25.9 Å². The minimum Gasteiger partial charge on any atom is -0.396 e. The number of nitrogens with one attached hydrogen (secondary N) is 1. The molecule has 0 radical (unpaired) electrons. The fourth-order valence-electron chi connectivity index (χ4n) is 3.31. The number of piperidine rings is 1. The van der Waals surface area contributed by atoms with Crippen LogP contribution in [0.15, 0.2) is 30.3 Å². The molecule has 2 amide bonds. The molecule has 1 aliphatic heterocycles. The van der Waals surface area contributed by atoms with Crippen molar-refractivity contribution < 1.29 is 14.7 Å². The van der Waals surface area contributed by atoms with Crippen molar-refractivity contribution in [2.45, 2.75) is 51.0 Å². The molecular weight excluding hydrogens is 304 g/mol. The van der Waals surface area contributed by atoms with E-state index in [1.807, 2.05) is 37.3 Å². The lowest BCUT2D eigenvalue weighted by Crippen LogP contribution is -2.52. The van der Waals surface area contributed by atoms with E-state index >= 15 is 0 Å². The monoisotopic (exact) mass is 332 g/mol. The standard InChI is InChI=1S/C19H28N2O3/c1-2-18(23)21-12-7-6-10-17(21)19(24)20-14-16(11-13-22)15-8-4-3-5-9-15/h3-5,8-9,16-17,22H,2,6-7,10-14H2,1H3,(H,20,24). The van der Waals surface area contributed by atoms with Crippen LogP contribution in [0.4, 0.5) is 0 Å². The summed E-state index contributed by atoms with van der Waals surface area (Å²) in [6.07, 6.45) is 3.71. The SMILES string of the molecule is CCC(=O)N1CCCCC1C(=O)NCC(CCO)c1ccccc1. The first-order chi connectivity index (χ1) is 11.7. The van der Waals surface area contributed by atoms with Crippen LogP contribution in [0.2, 0.25) is 0 Å². The van der Waals surface area contributed by atoms with Gasteiger partial charge < -0.3 is 15.3 Å². The Morgan fingerprint density at radius 3 is 2.71 bits per heavy atom. The van der Waals surface area contributed by atoms with Crippen LogP contribution in [0.3, 0.4) is 0 Å². The van der Waals surface area contributed by atoms with E-state index in [-0.39, 0.29) is 30.4 Å². The van der Waals surface area contributed by atoms with Gasteiger partial charge in [-0.1, -0.05) is 37.3 Å². The van der Waals surface area contributed by atoms with E-state index < -0.39 is 0 Å². The van der Waals surface area contributed by atoms with E-state index in [4.69, 9.17) is 0 Å². The Balaban J connectivity index is 1.97. The molecule has 0 saturated carbocycles. The summed E-state index contributed by atoms with van der Waals surface area (Å²) in [6.45, 7) is 3.06. The molecule has 1 aromatic rings. The third-order valence-corrected chi connectivity index (χ3v) is 4.70. The molecule has 0 bridgehead atoms. The highest BCUT2D eigenvalue weighted by Gasteiger charge is 2.31. The second-order valence-electron chi connectivity index (χ2n) is 6.32. The molecule has 132 valence electrons. The van der Waals surface area contributed by atoms with E-state index in [9.17, 15) is 14.7 Å². The van der Waals surface area contributed by atoms with Crippen molar-refractivity contribution in [3.63, 3.8) is 0 Å². The van der Waals surface area contributed by atoms with Crippen molar-refractivity contribution in [3.05, 3.63) is 35.9 Å². The number of hydrogen-bond acceptors (Lipinski definition) is 3. The van der Waals surface area contributed by atoms with Crippen LogP contribution in [0.1, 0.15) is 50.5 Å². The quantitative estimate of drug-likeness (QED) is 0.803. The first kappa shape index (κ1) is 18.5. The highest BCUT2D eigenvalue weighted by Crippen LogP contribution is 2.20. The zero-order chi connectivity index (χ0) is 17.4. The van der Waals surface area contributed by atoms with Crippen molar-refractivity contribution in [1.82, 2.24) is 10.2 Å². The van der Waals surface area contributed by atoms with Crippen LogP contribution in [0.5, 0.6) is 0 Å². The zero-order valence-electron chi connectivity index (χ0n) is 14.4. The highest BCUT2D eigenvalue weighted by atomic mass is 16.3. The van der Waals surface area contributed by atoms with Gasteiger partial charge in [0.05, 0.1) is 0 Å². The van der Waals surface area contributed by atoms with Crippen molar-refractivity contribution in [2.75, 3.05) is 19.7 Å². The molecule has 2 unspecified atom stereocenters. The third-order valence-electron chi connectivity index (χ3n) is 4.70. The lowest BCUT2D eigenvalue weighted by Gasteiger charge is -2.35. The molecule has 5 nitrogen and oxygen atoms in total. The van der Waals surface area contributed by atoms with Crippen LogP contribution in [0, 0.1) is 0 Å². The van der Waals surface area contributed by atoms with Gasteiger partial charge in [0.2, 0.25) is 11.8 Å². The Morgan fingerprint density at radius 1 is 1.29 bits per heavy atom. The first-order valence-electron chi connectivity index (χ1n) is 8.90. The summed E-state index contributed by atoms with van der Waals surface area (Å²) in [6, 6.07) is 9.56. The Bertz CT molecular complexity index is 533. The maximum atomic E-state index is 12.6. The van der Waals surface area contributed by atoms with Gasteiger partial charge in [0.25, 0.3) is 0 Å². The van der Waals surface area contributed by atoms with Crippen molar-refractivity contribution in [2.24, 2.45) is 0 Å². The Morgan fingerprint density at radius 2 is 2.04 bits per heavy atom. The number of amides is 2. The summed E-state index contributed by atoms with van der Waals surface area (Å²) in [7, 11) is 0. The molecule has 5 heteroatoms. The summed E-state index contributed by atoms with van der Waals surface area (Å²) in [5, 5.41) is 12.3. The van der Waals surface area contributed by atoms with Gasteiger partial charge in [-0.2, -0.15) is 0 Å². The van der Waals surface area contributed by atoms with Crippen LogP contribution in [-0.2, 0) is 9.59 Å². The van der Waals surface area contributed by atoms with E-state index in [2.05, 4.69) is 5.32 Å². The number of likely N-dealkylation sites (tertiary alicyclic amines) is 1. The summed E-state index contributed by atoms with van der Waals surface area (Å²) in [4.78, 5) is 26.4. The molecule has 2 rings (SSSR count). The fraction of sp³-hybridized carbons (Fsp3) is 0.579. The zero-order valence-corrected chi connectivity index (χ0v) is 14.4. The number of aliphatic hydroxyl groups is 1. The van der Waals surface area contributed by atoms with Gasteiger partial charge in [0.1, 0.15) is 6.04 Å². The van der Waals surface area contributed by atoms with Gasteiger partial charge in [-0.15, -0.1) is 0 Å². The maximum Gasteiger partial charge on any atom is 0.242 e. The minimum absolute atomic E-state index is 0.0461. The Kier molecular flexibility index (Phi) is 7.25. The van der Waals surface area contributed by atoms with Gasteiger partial charge in [-0.25, -0.2) is 0 Å². The molecule has 24 heavy (non-hydrogen) atoms. The normalized spacial score (nSPS) is 18.9. The predicted octanol–water partition coefficient (Wildman–Crippen LogP) is 2.06. The molecule has 1 saturated heterocycles. The van der Waals surface area contributed by atoms with E-state index in [1.165, 1.54) is 0 Å². The average molecular weight is 332 g/mol. The smallest absolute Gasteiger partial charge is 0.242 e. The Hall–Kier alpha value is -1.88. The largest absolute Gasteiger partial charge is 0.396 e. The number of carbonyl (C=O) groups excluding carboxylic acids is 2. The lowest BCUT2D eigenvalue weighted by molar-refractivity contribution is -0.142. The molecule has 1 aliphatic rings. The van der Waals surface area contributed by atoms with Crippen molar-refractivity contribution in [1.29, 1.82) is 0 Å². The molecular formula is C19H28N2O3. The van der Waals surface area contributed by atoms with Gasteiger partial charge >= 0.3 is 0 Å². The summed E-state index contributed by atoms with van der Waals surface area (Å²) in [5.41, 5.74) is 1.11. The topological polar surface area (TPSA) is 69.6 Å². The molecule has 2 atom stereocenters.